The van der Waals surface area contributed by atoms with Crippen molar-refractivity contribution in [3.05, 3.63) is 59.7 Å². The highest BCUT2D eigenvalue weighted by Crippen LogP contribution is 2.48. The molecule has 3 aromatic rings. The minimum absolute atomic E-state index is 0.00613. The van der Waals surface area contributed by atoms with Gasteiger partial charge in [0.15, 0.2) is 6.61 Å². The number of rotatable bonds is 2. The molecule has 1 saturated carbocycles. The van der Waals surface area contributed by atoms with Crippen LogP contribution in [0.3, 0.4) is 0 Å². The highest BCUT2D eigenvalue weighted by molar-refractivity contribution is 5.94. The Labute approximate surface area is 229 Å². The molecule has 8 rings (SSSR count). The van der Waals surface area contributed by atoms with Crippen molar-refractivity contribution < 1.29 is 27.4 Å². The van der Waals surface area contributed by atoms with Gasteiger partial charge < -0.3 is 30.7 Å². The summed E-state index contributed by atoms with van der Waals surface area (Å²) in [5.74, 6) is 0.611. The van der Waals surface area contributed by atoms with E-state index in [2.05, 4.69) is 36.2 Å². The van der Waals surface area contributed by atoms with Crippen molar-refractivity contribution in [1.82, 2.24) is 25.6 Å². The first-order valence-electron chi connectivity index (χ1n) is 13.1. The van der Waals surface area contributed by atoms with E-state index >= 15 is 0 Å². The molecule has 2 aromatic carbocycles. The van der Waals surface area contributed by atoms with E-state index in [-0.39, 0.29) is 17.8 Å². The van der Waals surface area contributed by atoms with E-state index in [0.717, 1.165) is 50.1 Å². The zero-order chi connectivity index (χ0) is 28.0. The fourth-order valence-corrected chi connectivity index (χ4v) is 4.24. The highest BCUT2D eigenvalue weighted by atomic mass is 19.4. The van der Waals surface area contributed by atoms with Crippen LogP contribution in [0.2, 0.25) is 0 Å². The van der Waals surface area contributed by atoms with Crippen molar-refractivity contribution >= 4 is 23.5 Å². The maximum Gasteiger partial charge on any atom is 0.422 e. The molecular formula is C27H30F3N7O3. The van der Waals surface area contributed by atoms with Crippen LogP contribution in [-0.4, -0.2) is 59.9 Å². The Morgan fingerprint density at radius 2 is 1.62 bits per heavy atom. The number of anilines is 3. The monoisotopic (exact) mass is 557 g/mol. The number of hydrogen-bond donors (Lipinski definition) is 4. The molecule has 5 aliphatic rings. The van der Waals surface area contributed by atoms with Gasteiger partial charge >= 0.3 is 12.2 Å². The van der Waals surface area contributed by atoms with Crippen LogP contribution in [0.1, 0.15) is 41.6 Å². The zero-order valence-electron chi connectivity index (χ0n) is 21.7. The summed E-state index contributed by atoms with van der Waals surface area (Å²) in [5, 5.41) is 12.5. The number of nitrogens with one attached hydrogen (secondary N) is 4. The summed E-state index contributed by atoms with van der Waals surface area (Å²) in [6.45, 7) is 1.12. The first-order valence-corrected chi connectivity index (χ1v) is 13.1. The Bertz CT molecular complexity index is 1300. The normalized spacial score (nSPS) is 17.6. The van der Waals surface area contributed by atoms with Crippen LogP contribution < -0.4 is 30.7 Å². The van der Waals surface area contributed by atoms with Crippen molar-refractivity contribution in [2.24, 2.45) is 0 Å². The number of carbonyl (C=O) groups is 1. The summed E-state index contributed by atoms with van der Waals surface area (Å²) < 4.78 is 49.2. The van der Waals surface area contributed by atoms with Gasteiger partial charge in [0, 0.05) is 17.8 Å². The lowest BCUT2D eigenvalue weighted by Crippen LogP contribution is -2.27. The molecule has 13 heteroatoms. The van der Waals surface area contributed by atoms with Crippen LogP contribution in [0.25, 0.3) is 0 Å². The second-order valence-electron chi connectivity index (χ2n) is 9.66. The van der Waals surface area contributed by atoms with Crippen LogP contribution in [-0.2, 0) is 5.54 Å². The second kappa shape index (κ2) is 11.9. The fraction of sp³-hybridized carbons (Fsp3) is 0.407. The number of ether oxygens (including phenoxy) is 2. The minimum atomic E-state index is -4.55. The van der Waals surface area contributed by atoms with Crippen LogP contribution >= 0.6 is 0 Å². The molecule has 1 aliphatic carbocycles. The maximum absolute atomic E-state index is 12.8. The lowest BCUT2D eigenvalue weighted by atomic mass is 10.1. The smallest absolute Gasteiger partial charge is 0.422 e. The Balaban J connectivity index is 1.40. The van der Waals surface area contributed by atoms with Crippen LogP contribution in [0.15, 0.2) is 48.5 Å². The van der Waals surface area contributed by atoms with Gasteiger partial charge in [-0.3, -0.25) is 4.79 Å². The predicted octanol–water partition coefficient (Wildman–Crippen LogP) is 4.15. The van der Waals surface area contributed by atoms with E-state index in [1.54, 1.807) is 24.3 Å². The molecule has 6 bridgehead atoms. The van der Waals surface area contributed by atoms with Gasteiger partial charge in [0.1, 0.15) is 5.75 Å². The maximum atomic E-state index is 12.8. The molecule has 40 heavy (non-hydrogen) atoms. The molecule has 0 atom stereocenters. The molecule has 5 heterocycles. The minimum Gasteiger partial charge on any atom is -0.494 e. The van der Waals surface area contributed by atoms with Crippen molar-refractivity contribution in [2.75, 3.05) is 43.5 Å². The first kappa shape index (κ1) is 27.4. The van der Waals surface area contributed by atoms with Gasteiger partial charge in [0.2, 0.25) is 11.9 Å². The van der Waals surface area contributed by atoms with Crippen LogP contribution in [0, 0.1) is 0 Å². The number of alkyl halides is 3. The quantitative estimate of drug-likeness (QED) is 0.368. The molecule has 1 aromatic heterocycles. The Kier molecular flexibility index (Phi) is 8.19. The van der Waals surface area contributed by atoms with Crippen molar-refractivity contribution in [3.63, 3.8) is 0 Å². The standard InChI is InChI=1S/C27H30F3N7O3/c28-27(29,30)17-40-25-35-23-33-20-7-3-18(4-8-20)22(38)32-15-1-13-31-14-2-16-39-21-9-5-19(6-10-21)26(11-12-26)37-24(34-23)36-25/h3-10,31H,1-2,11-17H2,(H,32,38)(H2,33,34,35,36,37). The predicted molar refractivity (Wildman–Crippen MR) is 142 cm³/mol. The van der Waals surface area contributed by atoms with E-state index in [9.17, 15) is 18.0 Å². The number of carbonyl (C=O) groups excluding carboxylic acids is 1. The third kappa shape index (κ3) is 7.50. The van der Waals surface area contributed by atoms with Gasteiger partial charge in [-0.2, -0.15) is 28.1 Å². The van der Waals surface area contributed by atoms with Gasteiger partial charge in [0.05, 0.1) is 12.1 Å². The molecule has 0 unspecified atom stereocenters. The molecule has 4 aliphatic heterocycles. The summed E-state index contributed by atoms with van der Waals surface area (Å²) in [5.41, 5.74) is 1.52. The molecule has 4 N–H and O–H groups in total. The average Bonchev–Trinajstić information content (AvgIpc) is 3.71. The summed E-state index contributed by atoms with van der Waals surface area (Å²) in [7, 11) is 0. The average molecular weight is 558 g/mol. The van der Waals surface area contributed by atoms with E-state index in [1.807, 2.05) is 24.3 Å². The number of amides is 1. The first-order chi connectivity index (χ1) is 19.3. The molecule has 1 spiro atoms. The number of hydrogen-bond acceptors (Lipinski definition) is 9. The Morgan fingerprint density at radius 1 is 0.900 bits per heavy atom. The Hall–Kier alpha value is -4.13. The van der Waals surface area contributed by atoms with Gasteiger partial charge in [-0.05, 0) is 80.7 Å². The van der Waals surface area contributed by atoms with E-state index in [0.29, 0.717) is 24.4 Å². The third-order valence-electron chi connectivity index (χ3n) is 6.47. The molecule has 1 fully saturated rings. The zero-order valence-corrected chi connectivity index (χ0v) is 21.7. The lowest BCUT2D eigenvalue weighted by molar-refractivity contribution is -0.154. The lowest BCUT2D eigenvalue weighted by Gasteiger charge is -2.19. The summed E-state index contributed by atoms with van der Waals surface area (Å²) in [6.07, 6.45) is -1.36. The number of aromatic nitrogens is 3. The summed E-state index contributed by atoms with van der Waals surface area (Å²) in [6, 6.07) is 13.8. The largest absolute Gasteiger partial charge is 0.494 e. The third-order valence-corrected chi connectivity index (χ3v) is 6.47. The molecule has 212 valence electrons. The van der Waals surface area contributed by atoms with Crippen molar-refractivity contribution in [3.8, 4) is 11.8 Å². The second-order valence-corrected chi connectivity index (χ2v) is 9.66. The fourth-order valence-electron chi connectivity index (χ4n) is 4.24. The molecule has 10 nitrogen and oxygen atoms in total. The Morgan fingerprint density at radius 3 is 2.35 bits per heavy atom. The molecule has 0 saturated heterocycles. The van der Waals surface area contributed by atoms with Crippen molar-refractivity contribution in [2.45, 2.75) is 37.4 Å². The highest BCUT2D eigenvalue weighted by Gasteiger charge is 2.45. The van der Waals surface area contributed by atoms with Crippen LogP contribution in [0.4, 0.5) is 30.8 Å². The molecular weight excluding hydrogens is 527 g/mol. The van der Waals surface area contributed by atoms with Gasteiger partial charge in [0.25, 0.3) is 5.91 Å². The summed E-state index contributed by atoms with van der Waals surface area (Å²) in [4.78, 5) is 24.9. The van der Waals surface area contributed by atoms with Gasteiger partial charge in [-0.1, -0.05) is 12.1 Å². The van der Waals surface area contributed by atoms with E-state index in [4.69, 9.17) is 9.47 Å². The molecule has 1 amide bonds. The number of nitrogens with zero attached hydrogens (tertiary/aromatic N) is 3. The van der Waals surface area contributed by atoms with Crippen LogP contribution in [0.5, 0.6) is 11.8 Å². The van der Waals surface area contributed by atoms with E-state index in [1.165, 1.54) is 0 Å². The topological polar surface area (TPSA) is 122 Å². The van der Waals surface area contributed by atoms with Crippen molar-refractivity contribution in [1.29, 1.82) is 0 Å². The van der Waals surface area contributed by atoms with Gasteiger partial charge in [-0.15, -0.1) is 0 Å². The number of benzene rings is 2. The number of halogens is 3. The van der Waals surface area contributed by atoms with Gasteiger partial charge in [-0.25, -0.2) is 0 Å². The van der Waals surface area contributed by atoms with E-state index < -0.39 is 24.3 Å². The molecule has 0 radical (unpaired) electrons. The SMILES string of the molecule is O=C1NCCCNCCCOc2ccc(cc2)C2(CC2)Nc2nc(nc(OCC(F)(F)F)n2)Nc2ccc1cc2. The summed E-state index contributed by atoms with van der Waals surface area (Å²) >= 11 is 0.